The average molecular weight is 310 g/mol. The molecule has 0 radical (unpaired) electrons. The first-order valence-corrected chi connectivity index (χ1v) is 8.39. The summed E-state index contributed by atoms with van der Waals surface area (Å²) in [5, 5.41) is 11.9. The van der Waals surface area contributed by atoms with Crippen molar-refractivity contribution in [3.8, 4) is 0 Å². The molecule has 23 heavy (non-hydrogen) atoms. The number of rotatable bonds is 4. The third-order valence-electron chi connectivity index (χ3n) is 4.73. The molecule has 1 atom stereocenters. The van der Waals surface area contributed by atoms with Gasteiger partial charge in [-0.25, -0.2) is 0 Å². The number of aryl methyl sites for hydroxylation is 1. The molecule has 1 N–H and O–H groups in total. The van der Waals surface area contributed by atoms with E-state index in [1.807, 2.05) is 18.2 Å². The molecule has 1 aromatic heterocycles. The van der Waals surface area contributed by atoms with Gasteiger partial charge in [0.25, 0.3) is 0 Å². The highest BCUT2D eigenvalue weighted by Crippen LogP contribution is 2.23. The van der Waals surface area contributed by atoms with Crippen LogP contribution in [-0.4, -0.2) is 40.0 Å². The van der Waals surface area contributed by atoms with Crippen LogP contribution in [-0.2, 0) is 24.2 Å². The van der Waals surface area contributed by atoms with Crippen LogP contribution in [0.2, 0.25) is 0 Å². The normalized spacial score (nSPS) is 20.9. The van der Waals surface area contributed by atoms with E-state index in [1.165, 1.54) is 22.5 Å². The molecule has 0 unspecified atom stereocenters. The van der Waals surface area contributed by atoms with Crippen LogP contribution in [0.15, 0.2) is 35.5 Å². The third-order valence-corrected chi connectivity index (χ3v) is 4.73. The number of H-pyrrole nitrogens is 1. The molecule has 0 amide bonds. The van der Waals surface area contributed by atoms with E-state index in [0.717, 1.165) is 44.6 Å². The number of aromatic nitrogens is 2. The first-order chi connectivity index (χ1) is 11.3. The third kappa shape index (κ3) is 2.88. The highest BCUT2D eigenvalue weighted by Gasteiger charge is 2.27. The van der Waals surface area contributed by atoms with Crippen molar-refractivity contribution in [1.82, 2.24) is 15.1 Å². The van der Waals surface area contributed by atoms with Crippen molar-refractivity contribution in [2.75, 3.05) is 13.1 Å². The van der Waals surface area contributed by atoms with Crippen molar-refractivity contribution in [2.45, 2.75) is 38.8 Å². The van der Waals surface area contributed by atoms with Gasteiger partial charge in [-0.15, -0.1) is 0 Å². The number of fused-ring (bicyclic) bond motifs is 1. The molecule has 0 aliphatic carbocycles. The number of nitrogens with one attached hydrogen (secondary N) is 1. The van der Waals surface area contributed by atoms with Crippen LogP contribution in [0, 0.1) is 0 Å². The Hall–Kier alpha value is -2.14. The van der Waals surface area contributed by atoms with Gasteiger partial charge in [0.1, 0.15) is 6.10 Å². The lowest BCUT2D eigenvalue weighted by molar-refractivity contribution is 0.0486. The van der Waals surface area contributed by atoms with E-state index >= 15 is 0 Å². The van der Waals surface area contributed by atoms with Crippen molar-refractivity contribution in [3.63, 3.8) is 0 Å². The van der Waals surface area contributed by atoms with Crippen molar-refractivity contribution in [2.24, 2.45) is 5.16 Å². The minimum atomic E-state index is 0.156. The van der Waals surface area contributed by atoms with Gasteiger partial charge >= 0.3 is 0 Å². The van der Waals surface area contributed by atoms with E-state index in [1.54, 1.807) is 0 Å². The van der Waals surface area contributed by atoms with Gasteiger partial charge in [-0.05, 0) is 12.0 Å². The predicted molar refractivity (Wildman–Crippen MR) is 89.4 cm³/mol. The number of hydrogen-bond acceptors (Lipinski definition) is 4. The zero-order valence-corrected chi connectivity index (χ0v) is 13.5. The van der Waals surface area contributed by atoms with Crippen LogP contribution in [0.25, 0.3) is 0 Å². The summed E-state index contributed by atoms with van der Waals surface area (Å²) in [6.07, 6.45) is 3.07. The van der Waals surface area contributed by atoms with Gasteiger partial charge in [-0.1, -0.05) is 42.4 Å². The number of benzene rings is 1. The maximum atomic E-state index is 5.67. The summed E-state index contributed by atoms with van der Waals surface area (Å²) in [7, 11) is 0. The molecule has 0 spiro atoms. The molecule has 120 valence electrons. The Bertz CT molecular complexity index is 694. The first kappa shape index (κ1) is 14.5. The number of aromatic amines is 1. The Balaban J connectivity index is 1.38. The lowest BCUT2D eigenvalue weighted by atomic mass is 10.0. The lowest BCUT2D eigenvalue weighted by Gasteiger charge is -2.28. The molecule has 0 fully saturated rings. The predicted octanol–water partition coefficient (Wildman–Crippen LogP) is 2.52. The van der Waals surface area contributed by atoms with Crippen molar-refractivity contribution in [1.29, 1.82) is 0 Å². The topological polar surface area (TPSA) is 53.5 Å². The van der Waals surface area contributed by atoms with E-state index in [2.05, 4.69) is 39.3 Å². The fourth-order valence-electron chi connectivity index (χ4n) is 3.47. The molecule has 1 aromatic carbocycles. The summed E-state index contributed by atoms with van der Waals surface area (Å²) in [5.41, 5.74) is 6.13. The van der Waals surface area contributed by atoms with Crippen molar-refractivity contribution >= 4 is 5.71 Å². The van der Waals surface area contributed by atoms with Crippen LogP contribution in [0.1, 0.15) is 35.9 Å². The lowest BCUT2D eigenvalue weighted by Crippen LogP contribution is -2.36. The monoisotopic (exact) mass is 310 g/mol. The van der Waals surface area contributed by atoms with Crippen LogP contribution >= 0.6 is 0 Å². The summed E-state index contributed by atoms with van der Waals surface area (Å²) in [6.45, 7) is 5.11. The molecular formula is C18H22N4O. The van der Waals surface area contributed by atoms with E-state index < -0.39 is 0 Å². The Morgan fingerprint density at radius 1 is 1.30 bits per heavy atom. The Labute approximate surface area is 136 Å². The second-order valence-electron chi connectivity index (χ2n) is 6.30. The summed E-state index contributed by atoms with van der Waals surface area (Å²) < 4.78 is 0. The van der Waals surface area contributed by atoms with E-state index in [4.69, 9.17) is 4.84 Å². The SMILES string of the molecule is CCc1n[nH]c2c1CN(C[C@@H]1CC(c3ccccc3)=NO1)CC2. The summed E-state index contributed by atoms with van der Waals surface area (Å²) in [4.78, 5) is 8.14. The quantitative estimate of drug-likeness (QED) is 0.944. The van der Waals surface area contributed by atoms with Crippen molar-refractivity contribution < 1.29 is 4.84 Å². The number of oxime groups is 1. The molecule has 0 saturated carbocycles. The van der Waals surface area contributed by atoms with Gasteiger partial charge in [0, 0.05) is 43.7 Å². The Morgan fingerprint density at radius 2 is 2.17 bits per heavy atom. The second kappa shape index (κ2) is 6.16. The summed E-state index contributed by atoms with van der Waals surface area (Å²) >= 11 is 0. The fraction of sp³-hybridized carbons (Fsp3) is 0.444. The van der Waals surface area contributed by atoms with Gasteiger partial charge in [0.15, 0.2) is 0 Å². The molecule has 4 rings (SSSR count). The number of hydrogen-bond donors (Lipinski definition) is 1. The maximum Gasteiger partial charge on any atom is 0.145 e. The molecule has 2 aromatic rings. The highest BCUT2D eigenvalue weighted by atomic mass is 16.6. The number of nitrogens with zero attached hydrogens (tertiary/aromatic N) is 3. The molecule has 5 heteroatoms. The smallest absolute Gasteiger partial charge is 0.145 e. The molecule has 3 heterocycles. The van der Waals surface area contributed by atoms with Gasteiger partial charge < -0.3 is 4.84 Å². The zero-order valence-electron chi connectivity index (χ0n) is 13.5. The van der Waals surface area contributed by atoms with Gasteiger partial charge in [-0.3, -0.25) is 10.00 Å². The van der Waals surface area contributed by atoms with E-state index in [-0.39, 0.29) is 6.10 Å². The molecular weight excluding hydrogens is 288 g/mol. The fourth-order valence-corrected chi connectivity index (χ4v) is 3.47. The largest absolute Gasteiger partial charge is 0.390 e. The standard InChI is InChI=1S/C18H22N4O/c1-2-16-15-12-22(9-8-17(15)20-19-16)11-14-10-18(21-23-14)13-6-4-3-5-7-13/h3-7,14H,2,8-12H2,1H3,(H,19,20)/t14-/m0/s1. The van der Waals surface area contributed by atoms with Crippen LogP contribution in [0.5, 0.6) is 0 Å². The highest BCUT2D eigenvalue weighted by molar-refractivity contribution is 6.01. The van der Waals surface area contributed by atoms with Crippen LogP contribution < -0.4 is 0 Å². The van der Waals surface area contributed by atoms with Gasteiger partial charge in [-0.2, -0.15) is 5.10 Å². The summed E-state index contributed by atoms with van der Waals surface area (Å²) in [5.74, 6) is 0. The van der Waals surface area contributed by atoms with E-state index in [0.29, 0.717) is 0 Å². The van der Waals surface area contributed by atoms with Crippen LogP contribution in [0.3, 0.4) is 0 Å². The van der Waals surface area contributed by atoms with Gasteiger partial charge in [0.05, 0.1) is 11.4 Å². The van der Waals surface area contributed by atoms with E-state index in [9.17, 15) is 0 Å². The summed E-state index contributed by atoms with van der Waals surface area (Å²) in [6, 6.07) is 10.3. The van der Waals surface area contributed by atoms with Gasteiger partial charge in [0.2, 0.25) is 0 Å². The minimum absolute atomic E-state index is 0.156. The molecule has 2 aliphatic rings. The maximum absolute atomic E-state index is 5.67. The first-order valence-electron chi connectivity index (χ1n) is 8.39. The molecule has 5 nitrogen and oxygen atoms in total. The molecule has 0 bridgehead atoms. The minimum Gasteiger partial charge on any atom is -0.390 e. The molecule has 0 saturated heterocycles. The van der Waals surface area contributed by atoms with Crippen LogP contribution in [0.4, 0.5) is 0 Å². The Morgan fingerprint density at radius 3 is 3.00 bits per heavy atom. The molecule has 2 aliphatic heterocycles. The average Bonchev–Trinajstić information content (AvgIpc) is 3.22. The van der Waals surface area contributed by atoms with Crippen molar-refractivity contribution in [3.05, 3.63) is 52.8 Å². The second-order valence-corrected chi connectivity index (χ2v) is 6.30. The Kier molecular flexibility index (Phi) is 3.87. The zero-order chi connectivity index (χ0) is 15.6.